The van der Waals surface area contributed by atoms with Crippen molar-refractivity contribution in [2.24, 2.45) is 0 Å². The quantitative estimate of drug-likeness (QED) is 0.894. The Balaban J connectivity index is 2.24. The zero-order valence-electron chi connectivity index (χ0n) is 11.2. The molecule has 0 radical (unpaired) electrons. The normalized spacial score (nSPS) is 21.9. The average Bonchev–Trinajstić information content (AvgIpc) is 2.64. The lowest BCUT2D eigenvalue weighted by atomic mass is 10.4. The Kier molecular flexibility index (Phi) is 4.38. The van der Waals surface area contributed by atoms with Gasteiger partial charge in [-0.05, 0) is 25.5 Å². The summed E-state index contributed by atoms with van der Waals surface area (Å²) in [6.07, 6.45) is 2.02. The lowest BCUT2D eigenvalue weighted by molar-refractivity contribution is 0.0752. The van der Waals surface area contributed by atoms with Gasteiger partial charge in [-0.15, -0.1) is 0 Å². The summed E-state index contributed by atoms with van der Waals surface area (Å²) >= 11 is 0. The largest absolute Gasteiger partial charge is 0.377 e. The van der Waals surface area contributed by atoms with Gasteiger partial charge >= 0.3 is 0 Å². The third kappa shape index (κ3) is 3.23. The molecule has 0 amide bonds. The van der Waals surface area contributed by atoms with E-state index in [1.54, 1.807) is 19.2 Å². The van der Waals surface area contributed by atoms with Crippen molar-refractivity contribution in [1.29, 1.82) is 0 Å². The van der Waals surface area contributed by atoms with Gasteiger partial charge < -0.3 is 10.1 Å². The van der Waals surface area contributed by atoms with E-state index in [0.29, 0.717) is 31.9 Å². The standard InChI is InChI=1S/C12H19N3O3S/c1-10-9-15(6-3-7-18-10)19(16,17)11-4-5-12(13-2)14-8-11/h4-5,8,10H,3,6-7,9H2,1-2H3,(H,13,14). The number of hydrogen-bond donors (Lipinski definition) is 1. The van der Waals surface area contributed by atoms with Crippen molar-refractivity contribution in [1.82, 2.24) is 9.29 Å². The maximum atomic E-state index is 12.5. The molecule has 7 heteroatoms. The molecule has 0 spiro atoms. The summed E-state index contributed by atoms with van der Waals surface area (Å²) in [5.74, 6) is 0.645. The summed E-state index contributed by atoms with van der Waals surface area (Å²) in [5, 5.41) is 2.86. The SMILES string of the molecule is CNc1ccc(S(=O)(=O)N2CCCOC(C)C2)cn1. The van der Waals surface area contributed by atoms with Gasteiger partial charge in [-0.25, -0.2) is 13.4 Å². The molecule has 2 rings (SSSR count). The molecule has 0 aliphatic carbocycles. The van der Waals surface area contributed by atoms with Gasteiger partial charge in [0.15, 0.2) is 0 Å². The molecule has 0 bridgehead atoms. The summed E-state index contributed by atoms with van der Waals surface area (Å²) in [6, 6.07) is 3.23. The number of aromatic nitrogens is 1. The molecule has 1 aromatic heterocycles. The van der Waals surface area contributed by atoms with Crippen LogP contribution < -0.4 is 5.32 Å². The van der Waals surface area contributed by atoms with Crippen molar-refractivity contribution in [3.05, 3.63) is 18.3 Å². The van der Waals surface area contributed by atoms with Crippen LogP contribution in [0.2, 0.25) is 0 Å². The first kappa shape index (κ1) is 14.2. The van der Waals surface area contributed by atoms with Crippen LogP contribution in [0.1, 0.15) is 13.3 Å². The number of hydrogen-bond acceptors (Lipinski definition) is 5. The van der Waals surface area contributed by atoms with Gasteiger partial charge in [-0.2, -0.15) is 4.31 Å². The van der Waals surface area contributed by atoms with Crippen LogP contribution in [-0.4, -0.2) is 50.6 Å². The molecule has 6 nitrogen and oxygen atoms in total. The fraction of sp³-hybridized carbons (Fsp3) is 0.583. The van der Waals surface area contributed by atoms with Crippen LogP contribution in [0.15, 0.2) is 23.2 Å². The van der Waals surface area contributed by atoms with Gasteiger partial charge in [0.05, 0.1) is 6.10 Å². The smallest absolute Gasteiger partial charge is 0.244 e. The summed E-state index contributed by atoms with van der Waals surface area (Å²) in [6.45, 7) is 3.36. The Bertz CT molecular complexity index is 516. The van der Waals surface area contributed by atoms with E-state index < -0.39 is 10.0 Å². The van der Waals surface area contributed by atoms with E-state index in [0.717, 1.165) is 0 Å². The Hall–Kier alpha value is -1.18. The molecule has 2 heterocycles. The Morgan fingerprint density at radius 3 is 2.89 bits per heavy atom. The molecule has 1 aromatic rings. The molecule has 1 aliphatic heterocycles. The third-order valence-electron chi connectivity index (χ3n) is 3.05. The summed E-state index contributed by atoms with van der Waals surface area (Å²) in [5.41, 5.74) is 0. The molecule has 1 unspecified atom stereocenters. The highest BCUT2D eigenvalue weighted by Gasteiger charge is 2.27. The zero-order chi connectivity index (χ0) is 13.9. The van der Waals surface area contributed by atoms with Crippen LogP contribution in [0.5, 0.6) is 0 Å². The fourth-order valence-electron chi connectivity index (χ4n) is 2.00. The van der Waals surface area contributed by atoms with Crippen molar-refractivity contribution >= 4 is 15.8 Å². The molecular formula is C12H19N3O3S. The van der Waals surface area contributed by atoms with E-state index in [1.165, 1.54) is 10.5 Å². The van der Waals surface area contributed by atoms with Crippen LogP contribution in [0.25, 0.3) is 0 Å². The Labute approximate surface area is 113 Å². The Morgan fingerprint density at radius 2 is 2.26 bits per heavy atom. The van der Waals surface area contributed by atoms with Crippen molar-refractivity contribution < 1.29 is 13.2 Å². The molecule has 1 fully saturated rings. The third-order valence-corrected chi connectivity index (χ3v) is 4.89. The maximum Gasteiger partial charge on any atom is 0.244 e. The van der Waals surface area contributed by atoms with Gasteiger partial charge in [0, 0.05) is 32.9 Å². The van der Waals surface area contributed by atoms with Gasteiger partial charge in [0.1, 0.15) is 10.7 Å². The second-order valence-corrected chi connectivity index (χ2v) is 6.47. The van der Waals surface area contributed by atoms with Crippen molar-refractivity contribution in [2.75, 3.05) is 32.1 Å². The molecule has 19 heavy (non-hydrogen) atoms. The summed E-state index contributed by atoms with van der Waals surface area (Å²) < 4.78 is 31.9. The van der Waals surface area contributed by atoms with Gasteiger partial charge in [0.2, 0.25) is 10.0 Å². The van der Waals surface area contributed by atoms with Crippen LogP contribution in [0.3, 0.4) is 0 Å². The summed E-state index contributed by atoms with van der Waals surface area (Å²) in [4.78, 5) is 4.28. The van der Waals surface area contributed by atoms with Crippen LogP contribution in [-0.2, 0) is 14.8 Å². The van der Waals surface area contributed by atoms with Gasteiger partial charge in [0.25, 0.3) is 0 Å². The average molecular weight is 285 g/mol. The van der Waals surface area contributed by atoms with E-state index in [1.807, 2.05) is 6.92 Å². The first-order chi connectivity index (χ1) is 9.04. The van der Waals surface area contributed by atoms with Crippen LogP contribution >= 0.6 is 0 Å². The number of sulfonamides is 1. The first-order valence-electron chi connectivity index (χ1n) is 6.29. The van der Waals surface area contributed by atoms with E-state index in [-0.39, 0.29) is 11.0 Å². The monoisotopic (exact) mass is 285 g/mol. The minimum atomic E-state index is -3.48. The number of pyridine rings is 1. The number of nitrogens with zero attached hydrogens (tertiary/aromatic N) is 2. The molecule has 1 N–H and O–H groups in total. The maximum absolute atomic E-state index is 12.5. The van der Waals surface area contributed by atoms with E-state index >= 15 is 0 Å². The van der Waals surface area contributed by atoms with Crippen LogP contribution in [0, 0.1) is 0 Å². The highest BCUT2D eigenvalue weighted by molar-refractivity contribution is 7.89. The second kappa shape index (κ2) is 5.85. The minimum Gasteiger partial charge on any atom is -0.377 e. The molecule has 1 atom stereocenters. The lowest BCUT2D eigenvalue weighted by Crippen LogP contribution is -2.36. The number of rotatable bonds is 3. The number of nitrogens with one attached hydrogen (secondary N) is 1. The van der Waals surface area contributed by atoms with Gasteiger partial charge in [-0.3, -0.25) is 0 Å². The predicted molar refractivity (Wildman–Crippen MR) is 72.6 cm³/mol. The second-order valence-electron chi connectivity index (χ2n) is 4.53. The highest BCUT2D eigenvalue weighted by Crippen LogP contribution is 2.19. The molecule has 0 aromatic carbocycles. The van der Waals surface area contributed by atoms with Crippen molar-refractivity contribution in [2.45, 2.75) is 24.3 Å². The predicted octanol–water partition coefficient (Wildman–Crippen LogP) is 0.923. The van der Waals surface area contributed by atoms with E-state index in [4.69, 9.17) is 4.74 Å². The minimum absolute atomic E-state index is 0.0817. The fourth-order valence-corrected chi connectivity index (χ4v) is 3.50. The Morgan fingerprint density at radius 1 is 1.47 bits per heavy atom. The van der Waals surface area contributed by atoms with Gasteiger partial charge in [-0.1, -0.05) is 0 Å². The lowest BCUT2D eigenvalue weighted by Gasteiger charge is -2.21. The molecule has 0 saturated carbocycles. The molecule has 106 valence electrons. The van der Waals surface area contributed by atoms with E-state index in [9.17, 15) is 8.42 Å². The number of ether oxygens (including phenoxy) is 1. The molecular weight excluding hydrogens is 266 g/mol. The summed E-state index contributed by atoms with van der Waals surface area (Å²) in [7, 11) is -1.74. The highest BCUT2D eigenvalue weighted by atomic mass is 32.2. The molecule has 1 saturated heterocycles. The van der Waals surface area contributed by atoms with Crippen LogP contribution in [0.4, 0.5) is 5.82 Å². The topological polar surface area (TPSA) is 71.5 Å². The number of anilines is 1. The zero-order valence-corrected chi connectivity index (χ0v) is 12.0. The molecule has 1 aliphatic rings. The van der Waals surface area contributed by atoms with Crippen molar-refractivity contribution in [3.63, 3.8) is 0 Å². The van der Waals surface area contributed by atoms with Crippen molar-refractivity contribution in [3.8, 4) is 0 Å². The van der Waals surface area contributed by atoms with E-state index in [2.05, 4.69) is 10.3 Å². The first-order valence-corrected chi connectivity index (χ1v) is 7.73.